The van der Waals surface area contributed by atoms with E-state index in [1.807, 2.05) is 0 Å². The number of alkyl halides is 3. The first-order valence-electron chi connectivity index (χ1n) is 10.1. The van der Waals surface area contributed by atoms with Crippen LogP contribution in [-0.2, 0) is 19.6 Å². The van der Waals surface area contributed by atoms with Crippen LogP contribution in [0.4, 0.5) is 13.2 Å². The molecule has 0 amide bonds. The van der Waals surface area contributed by atoms with Crippen molar-refractivity contribution in [3.63, 3.8) is 0 Å². The maximum atomic E-state index is 13.7. The highest BCUT2D eigenvalue weighted by molar-refractivity contribution is 6.32. The molecule has 4 aromatic rings. The van der Waals surface area contributed by atoms with Crippen molar-refractivity contribution in [2.24, 2.45) is 7.05 Å². The van der Waals surface area contributed by atoms with Gasteiger partial charge in [-0.2, -0.15) is 28.6 Å². The van der Waals surface area contributed by atoms with Crippen molar-refractivity contribution in [3.05, 3.63) is 64.3 Å². The lowest BCUT2D eigenvalue weighted by molar-refractivity contribution is -0.138. The van der Waals surface area contributed by atoms with Gasteiger partial charge >= 0.3 is 6.18 Å². The maximum absolute atomic E-state index is 13.7. The Kier molecular flexibility index (Phi) is 5.01. The highest BCUT2D eigenvalue weighted by Gasteiger charge is 2.40. The van der Waals surface area contributed by atoms with Crippen LogP contribution in [-0.4, -0.2) is 24.5 Å². The predicted molar refractivity (Wildman–Crippen MR) is 113 cm³/mol. The quantitative estimate of drug-likeness (QED) is 0.411. The molecular formula is C22H16ClF3N6O. The minimum Gasteiger partial charge on any atom is -0.482 e. The van der Waals surface area contributed by atoms with E-state index in [9.17, 15) is 13.2 Å². The van der Waals surface area contributed by atoms with Crippen molar-refractivity contribution in [2.75, 3.05) is 0 Å². The van der Waals surface area contributed by atoms with Crippen LogP contribution >= 0.6 is 11.6 Å². The molecule has 0 aliphatic heterocycles. The van der Waals surface area contributed by atoms with Gasteiger partial charge in [0.25, 0.3) is 0 Å². The van der Waals surface area contributed by atoms with Gasteiger partial charge < -0.3 is 4.74 Å². The number of aryl methyl sites for hydroxylation is 1. The Morgan fingerprint density at radius 1 is 1.21 bits per heavy atom. The summed E-state index contributed by atoms with van der Waals surface area (Å²) < 4.78 is 50.6. The number of aromatic nitrogens is 5. The van der Waals surface area contributed by atoms with E-state index in [1.165, 1.54) is 0 Å². The van der Waals surface area contributed by atoms with Crippen LogP contribution < -0.4 is 4.74 Å². The fourth-order valence-corrected chi connectivity index (χ4v) is 4.43. The van der Waals surface area contributed by atoms with Crippen LogP contribution in [0.15, 0.2) is 36.9 Å². The molecule has 3 aromatic heterocycles. The zero-order valence-corrected chi connectivity index (χ0v) is 18.0. The first kappa shape index (κ1) is 21.3. The maximum Gasteiger partial charge on any atom is 0.418 e. The molecule has 0 saturated carbocycles. The molecule has 0 saturated heterocycles. The Balaban J connectivity index is 1.57. The van der Waals surface area contributed by atoms with E-state index in [0.29, 0.717) is 29.1 Å². The number of fused-ring (bicyclic) bond motifs is 2. The van der Waals surface area contributed by atoms with Crippen LogP contribution in [0.1, 0.15) is 41.3 Å². The number of rotatable bonds is 3. The van der Waals surface area contributed by atoms with Crippen LogP contribution in [0, 0.1) is 11.3 Å². The summed E-state index contributed by atoms with van der Waals surface area (Å²) in [4.78, 5) is 4.17. The molecule has 1 aliphatic rings. The van der Waals surface area contributed by atoms with E-state index in [1.54, 1.807) is 53.2 Å². The van der Waals surface area contributed by atoms with Gasteiger partial charge in [-0.15, -0.1) is 0 Å². The van der Waals surface area contributed by atoms with Crippen LogP contribution in [0.25, 0.3) is 16.6 Å². The van der Waals surface area contributed by atoms with E-state index in [0.717, 1.165) is 17.3 Å². The zero-order valence-electron chi connectivity index (χ0n) is 17.3. The Bertz CT molecular complexity index is 1420. The van der Waals surface area contributed by atoms with Crippen molar-refractivity contribution in [3.8, 4) is 17.5 Å². The van der Waals surface area contributed by atoms with Crippen molar-refractivity contribution in [1.82, 2.24) is 24.5 Å². The van der Waals surface area contributed by atoms with Gasteiger partial charge in [0.15, 0.2) is 0 Å². The number of ether oxygens (including phenoxy) is 1. The van der Waals surface area contributed by atoms with Crippen LogP contribution in [0.3, 0.4) is 0 Å². The first-order valence-corrected chi connectivity index (χ1v) is 10.5. The lowest BCUT2D eigenvalue weighted by Crippen LogP contribution is -2.23. The Morgan fingerprint density at radius 3 is 2.73 bits per heavy atom. The monoisotopic (exact) mass is 472 g/mol. The van der Waals surface area contributed by atoms with Gasteiger partial charge in [0.05, 0.1) is 46.0 Å². The molecule has 0 radical (unpaired) electrons. The minimum atomic E-state index is -4.66. The van der Waals surface area contributed by atoms with E-state index < -0.39 is 23.4 Å². The van der Waals surface area contributed by atoms with Gasteiger partial charge in [-0.1, -0.05) is 11.6 Å². The number of hydrogen-bond donors (Lipinski definition) is 0. The van der Waals surface area contributed by atoms with Gasteiger partial charge in [-0.25, -0.2) is 4.68 Å². The Morgan fingerprint density at radius 2 is 2.03 bits per heavy atom. The van der Waals surface area contributed by atoms with Gasteiger partial charge in [0.2, 0.25) is 0 Å². The molecule has 0 spiro atoms. The zero-order chi connectivity index (χ0) is 23.3. The van der Waals surface area contributed by atoms with Crippen molar-refractivity contribution in [2.45, 2.75) is 31.5 Å². The van der Waals surface area contributed by atoms with Gasteiger partial charge in [-0.3, -0.25) is 9.67 Å². The summed E-state index contributed by atoms with van der Waals surface area (Å²) in [5.74, 6) is 0.312. The summed E-state index contributed by atoms with van der Waals surface area (Å²) in [5, 5.41) is 18.8. The van der Waals surface area contributed by atoms with E-state index >= 15 is 0 Å². The summed E-state index contributed by atoms with van der Waals surface area (Å²) in [6, 6.07) is 5.01. The third-order valence-corrected chi connectivity index (χ3v) is 5.94. The molecule has 3 heterocycles. The van der Waals surface area contributed by atoms with Gasteiger partial charge in [0.1, 0.15) is 23.6 Å². The summed E-state index contributed by atoms with van der Waals surface area (Å²) in [7, 11) is 1.79. The van der Waals surface area contributed by atoms with Crippen molar-refractivity contribution >= 4 is 22.5 Å². The average Bonchev–Trinajstić information content (AvgIpc) is 3.38. The normalized spacial score (nSPS) is 15.9. The molecule has 0 bridgehead atoms. The van der Waals surface area contributed by atoms with Crippen molar-refractivity contribution < 1.29 is 17.9 Å². The number of hydrogen-bond acceptors (Lipinski definition) is 5. The molecule has 0 unspecified atom stereocenters. The average molecular weight is 473 g/mol. The number of nitrogens with zero attached hydrogens (tertiary/aromatic N) is 6. The molecule has 1 aliphatic carbocycles. The smallest absolute Gasteiger partial charge is 0.418 e. The standard InChI is InChI=1S/C22H16ClF3N6O/c1-31-11-14(10-29-31)32-17-6-19(16(23)5-12(17)9-30-32)33-18-4-2-3-15-20(22(24,25)26)13(7-27)8-28-21(15)18/h5-6,8-11,18H,2-4H2,1H3/t18-/m1/s1. The second kappa shape index (κ2) is 7.78. The highest BCUT2D eigenvalue weighted by Crippen LogP contribution is 2.42. The Hall–Kier alpha value is -3.58. The third kappa shape index (κ3) is 3.68. The fourth-order valence-electron chi connectivity index (χ4n) is 4.22. The number of halogens is 4. The van der Waals surface area contributed by atoms with Crippen LogP contribution in [0.2, 0.25) is 5.02 Å². The topological polar surface area (TPSA) is 81.5 Å². The Labute approximate surface area is 191 Å². The van der Waals surface area contributed by atoms with E-state index in [4.69, 9.17) is 21.6 Å². The summed E-state index contributed by atoms with van der Waals surface area (Å²) in [6.45, 7) is 0. The number of benzene rings is 1. The van der Waals surface area contributed by atoms with E-state index in [2.05, 4.69) is 15.2 Å². The number of pyridine rings is 1. The molecule has 168 valence electrons. The SMILES string of the molecule is Cn1cc(-n2ncc3cc(Cl)c(O[C@@H]4CCCc5c4ncc(C#N)c5C(F)(F)F)cc32)cn1. The molecule has 33 heavy (non-hydrogen) atoms. The molecule has 7 nitrogen and oxygen atoms in total. The molecule has 5 rings (SSSR count). The summed E-state index contributed by atoms with van der Waals surface area (Å²) >= 11 is 6.44. The molecule has 0 fully saturated rings. The number of nitriles is 1. The highest BCUT2D eigenvalue weighted by atomic mass is 35.5. The van der Waals surface area contributed by atoms with Crippen LogP contribution in [0.5, 0.6) is 5.75 Å². The first-order chi connectivity index (χ1) is 15.8. The molecule has 1 aromatic carbocycles. The molecule has 1 atom stereocenters. The minimum absolute atomic E-state index is 0.00963. The van der Waals surface area contributed by atoms with E-state index in [-0.39, 0.29) is 17.7 Å². The molecule has 0 N–H and O–H groups in total. The predicted octanol–water partition coefficient (Wildman–Crippen LogP) is 5.15. The largest absolute Gasteiger partial charge is 0.482 e. The molecular weight excluding hydrogens is 457 g/mol. The summed E-state index contributed by atoms with van der Waals surface area (Å²) in [6.07, 6.45) is 1.81. The summed E-state index contributed by atoms with van der Waals surface area (Å²) in [5.41, 5.74) is 0.229. The lowest BCUT2D eigenvalue weighted by Gasteiger charge is -2.28. The molecule has 11 heteroatoms. The second-order valence-corrected chi connectivity index (χ2v) is 8.20. The van der Waals surface area contributed by atoms with Gasteiger partial charge in [0, 0.05) is 24.7 Å². The van der Waals surface area contributed by atoms with Crippen molar-refractivity contribution in [1.29, 1.82) is 5.26 Å². The lowest BCUT2D eigenvalue weighted by atomic mass is 9.88. The third-order valence-electron chi connectivity index (χ3n) is 5.64. The second-order valence-electron chi connectivity index (χ2n) is 7.79. The van der Waals surface area contributed by atoms with Gasteiger partial charge in [-0.05, 0) is 30.9 Å². The fraction of sp³-hybridized carbons (Fsp3) is 0.273.